The lowest BCUT2D eigenvalue weighted by atomic mass is 9.80. The van der Waals surface area contributed by atoms with Crippen molar-refractivity contribution >= 4 is 81.3 Å². The van der Waals surface area contributed by atoms with E-state index in [1.54, 1.807) is 0 Å². The molecule has 8 aromatic carbocycles. The summed E-state index contributed by atoms with van der Waals surface area (Å²) in [6.07, 6.45) is 6.49. The van der Waals surface area contributed by atoms with Gasteiger partial charge in [0.15, 0.2) is 0 Å². The van der Waals surface area contributed by atoms with Gasteiger partial charge in [0.05, 0.1) is 16.1 Å². The molecule has 2 aromatic heterocycles. The molecule has 2 nitrogen and oxygen atoms in total. The van der Waals surface area contributed by atoms with Crippen LogP contribution in [-0.4, -0.2) is 0 Å². The molecule has 0 aliphatic heterocycles. The molecule has 10 aromatic rings. The van der Waals surface area contributed by atoms with Gasteiger partial charge in [-0.15, -0.1) is 11.3 Å². The number of rotatable bonds is 6. The van der Waals surface area contributed by atoms with Crippen LogP contribution in [0.15, 0.2) is 174 Å². The van der Waals surface area contributed by atoms with Crippen LogP contribution in [0.5, 0.6) is 0 Å². The standard InChI is InChI=1S/C52H39NOS/c1-2-15-34(16-3-1)38-24-11-17-35-18-12-26-43(50(35)38)40-21-4-7-29-46(40)53(47-30-14-28-45-42-23-6-9-32-49(42)55-52(45)47)37-20-10-19-36(33-37)39-25-13-27-44-41-22-5-8-31-48(41)54-51(39)44/h4-14,17-34H,1-3,15-16H2. The molecule has 0 bridgehead atoms. The minimum absolute atomic E-state index is 0.590. The van der Waals surface area contributed by atoms with Crippen LogP contribution in [0, 0.1) is 0 Å². The minimum Gasteiger partial charge on any atom is -0.455 e. The van der Waals surface area contributed by atoms with Gasteiger partial charge >= 0.3 is 0 Å². The molecule has 1 aliphatic carbocycles. The van der Waals surface area contributed by atoms with Gasteiger partial charge in [-0.1, -0.05) is 153 Å². The summed E-state index contributed by atoms with van der Waals surface area (Å²) >= 11 is 1.88. The van der Waals surface area contributed by atoms with Crippen LogP contribution >= 0.6 is 11.3 Å². The third kappa shape index (κ3) is 5.37. The van der Waals surface area contributed by atoms with E-state index in [0.717, 1.165) is 44.4 Å². The van der Waals surface area contributed by atoms with Gasteiger partial charge in [-0.3, -0.25) is 0 Å². The third-order valence-electron chi connectivity index (χ3n) is 11.9. The Morgan fingerprint density at radius 2 is 1.18 bits per heavy atom. The fourth-order valence-electron chi connectivity index (χ4n) is 9.35. The van der Waals surface area contributed by atoms with Crippen LogP contribution in [0.2, 0.25) is 0 Å². The van der Waals surface area contributed by atoms with Gasteiger partial charge in [0, 0.05) is 43.1 Å². The first-order valence-corrected chi connectivity index (χ1v) is 20.4. The summed E-state index contributed by atoms with van der Waals surface area (Å²) in [6.45, 7) is 0. The number of anilines is 3. The second-order valence-corrected chi connectivity index (χ2v) is 16.1. The molecule has 0 spiro atoms. The quantitative estimate of drug-likeness (QED) is 0.170. The van der Waals surface area contributed by atoms with Crippen LogP contribution in [0.4, 0.5) is 17.1 Å². The molecule has 264 valence electrons. The first kappa shape index (κ1) is 32.3. The second kappa shape index (κ2) is 13.3. The number of benzene rings is 8. The minimum atomic E-state index is 0.590. The van der Waals surface area contributed by atoms with E-state index in [0.29, 0.717) is 5.92 Å². The Balaban J connectivity index is 1.17. The van der Waals surface area contributed by atoms with Crippen LogP contribution in [0.3, 0.4) is 0 Å². The zero-order valence-corrected chi connectivity index (χ0v) is 31.4. The zero-order valence-electron chi connectivity index (χ0n) is 30.5. The van der Waals surface area contributed by atoms with Crippen molar-refractivity contribution in [3.8, 4) is 22.3 Å². The highest BCUT2D eigenvalue weighted by atomic mass is 32.1. The van der Waals surface area contributed by atoms with E-state index < -0.39 is 0 Å². The predicted molar refractivity (Wildman–Crippen MR) is 235 cm³/mol. The molecular weight excluding hydrogens is 687 g/mol. The van der Waals surface area contributed by atoms with E-state index in [-0.39, 0.29) is 0 Å². The lowest BCUT2D eigenvalue weighted by molar-refractivity contribution is 0.445. The molecule has 1 aliphatic rings. The topological polar surface area (TPSA) is 16.4 Å². The van der Waals surface area contributed by atoms with Crippen molar-refractivity contribution in [2.75, 3.05) is 4.90 Å². The second-order valence-electron chi connectivity index (χ2n) is 15.0. The average Bonchev–Trinajstić information content (AvgIpc) is 3.83. The third-order valence-corrected chi connectivity index (χ3v) is 13.1. The Morgan fingerprint density at radius 1 is 0.509 bits per heavy atom. The molecule has 3 heteroatoms. The summed E-state index contributed by atoms with van der Waals surface area (Å²) in [5, 5.41) is 7.58. The smallest absolute Gasteiger partial charge is 0.143 e. The summed E-state index contributed by atoms with van der Waals surface area (Å²) in [6, 6.07) is 62.4. The highest BCUT2D eigenvalue weighted by Crippen LogP contribution is 2.49. The molecule has 1 saturated carbocycles. The number of hydrogen-bond acceptors (Lipinski definition) is 3. The van der Waals surface area contributed by atoms with Crippen molar-refractivity contribution in [2.24, 2.45) is 0 Å². The van der Waals surface area contributed by atoms with E-state index in [1.807, 2.05) is 17.4 Å². The van der Waals surface area contributed by atoms with Gasteiger partial charge in [0.2, 0.25) is 0 Å². The van der Waals surface area contributed by atoms with E-state index >= 15 is 0 Å². The monoisotopic (exact) mass is 725 g/mol. The number of furan rings is 1. The number of hydrogen-bond donors (Lipinski definition) is 0. The van der Waals surface area contributed by atoms with Crippen molar-refractivity contribution in [2.45, 2.75) is 38.0 Å². The molecule has 0 atom stereocenters. The fourth-order valence-corrected chi connectivity index (χ4v) is 10.6. The van der Waals surface area contributed by atoms with Crippen molar-refractivity contribution in [3.05, 3.63) is 175 Å². The molecule has 0 unspecified atom stereocenters. The summed E-state index contributed by atoms with van der Waals surface area (Å²) in [4.78, 5) is 2.51. The van der Waals surface area contributed by atoms with E-state index in [9.17, 15) is 0 Å². The van der Waals surface area contributed by atoms with E-state index in [1.165, 1.54) is 85.4 Å². The summed E-state index contributed by atoms with van der Waals surface area (Å²) in [7, 11) is 0. The van der Waals surface area contributed by atoms with Gasteiger partial charge in [0.1, 0.15) is 11.2 Å². The summed E-state index contributed by atoms with van der Waals surface area (Å²) in [5.74, 6) is 0.590. The highest BCUT2D eigenvalue weighted by Gasteiger charge is 2.25. The van der Waals surface area contributed by atoms with Crippen molar-refractivity contribution in [1.29, 1.82) is 0 Å². The first-order valence-electron chi connectivity index (χ1n) is 19.6. The van der Waals surface area contributed by atoms with Gasteiger partial charge in [0.25, 0.3) is 0 Å². The summed E-state index contributed by atoms with van der Waals surface area (Å²) in [5.41, 5.74) is 11.5. The maximum atomic E-state index is 6.57. The van der Waals surface area contributed by atoms with Crippen molar-refractivity contribution in [3.63, 3.8) is 0 Å². The molecule has 2 heterocycles. The van der Waals surface area contributed by atoms with Crippen LogP contribution in [0.25, 0.3) is 75.1 Å². The van der Waals surface area contributed by atoms with Gasteiger partial charge in [-0.25, -0.2) is 0 Å². The lowest BCUT2D eigenvalue weighted by Crippen LogP contribution is -2.12. The molecule has 1 fully saturated rings. The van der Waals surface area contributed by atoms with Gasteiger partial charge in [-0.2, -0.15) is 0 Å². The number of nitrogens with zero attached hydrogens (tertiary/aromatic N) is 1. The Bertz CT molecular complexity index is 3050. The normalized spacial score (nSPS) is 13.7. The molecule has 0 amide bonds. The van der Waals surface area contributed by atoms with Crippen molar-refractivity contribution in [1.82, 2.24) is 0 Å². The maximum Gasteiger partial charge on any atom is 0.143 e. The Morgan fingerprint density at radius 3 is 2.11 bits per heavy atom. The predicted octanol–water partition coefficient (Wildman–Crippen LogP) is 16.0. The largest absolute Gasteiger partial charge is 0.455 e. The Hall–Kier alpha value is -6.16. The molecular formula is C52H39NOS. The van der Waals surface area contributed by atoms with E-state index in [4.69, 9.17) is 4.42 Å². The first-order chi connectivity index (χ1) is 27.3. The van der Waals surface area contributed by atoms with E-state index in [2.05, 4.69) is 169 Å². The highest BCUT2D eigenvalue weighted by molar-refractivity contribution is 7.26. The molecule has 0 radical (unpaired) electrons. The molecule has 11 rings (SSSR count). The number of para-hydroxylation sites is 3. The number of thiophene rings is 1. The zero-order chi connectivity index (χ0) is 36.3. The molecule has 0 N–H and O–H groups in total. The molecule has 55 heavy (non-hydrogen) atoms. The lowest BCUT2D eigenvalue weighted by Gasteiger charge is -2.30. The van der Waals surface area contributed by atoms with Crippen molar-refractivity contribution < 1.29 is 4.42 Å². The SMILES string of the molecule is c1cc(-c2cccc3c2oc2ccccc23)cc(N(c2ccccc2-c2cccc3cccc(C4CCCCC4)c23)c2cccc3c2sc2ccccc23)c1. The summed E-state index contributed by atoms with van der Waals surface area (Å²) < 4.78 is 9.15. The Labute approximate surface area is 324 Å². The van der Waals surface area contributed by atoms with Gasteiger partial charge < -0.3 is 9.32 Å². The van der Waals surface area contributed by atoms with Crippen LogP contribution in [-0.2, 0) is 0 Å². The number of fused-ring (bicyclic) bond motifs is 7. The van der Waals surface area contributed by atoms with Gasteiger partial charge in [-0.05, 0) is 82.6 Å². The molecule has 0 saturated heterocycles. The van der Waals surface area contributed by atoms with Crippen LogP contribution < -0.4 is 4.90 Å². The Kier molecular flexibility index (Phi) is 7.81. The average molecular weight is 726 g/mol. The maximum absolute atomic E-state index is 6.57. The van der Waals surface area contributed by atoms with Crippen LogP contribution in [0.1, 0.15) is 43.6 Å². The fraction of sp³-hybridized carbons (Fsp3) is 0.115.